The Bertz CT molecular complexity index is 1200. The molecule has 0 amide bonds. The lowest BCUT2D eigenvalue weighted by molar-refractivity contribution is -0.277. The fourth-order valence-electron chi connectivity index (χ4n) is 3.35. The summed E-state index contributed by atoms with van der Waals surface area (Å²) in [5.74, 6) is -1.97. The molecule has 1 fully saturated rings. The molecule has 11 heteroatoms. The number of hydrogen-bond acceptors (Lipinski definition) is 11. The third kappa shape index (κ3) is 4.40. The van der Waals surface area contributed by atoms with Gasteiger partial charge in [-0.15, -0.1) is 0 Å². The molecule has 1 aliphatic heterocycles. The molecular formula is C22H20O11. The number of fused-ring (bicyclic) bond motifs is 1. The van der Waals surface area contributed by atoms with Crippen LogP contribution in [0.1, 0.15) is 10.4 Å². The molecule has 33 heavy (non-hydrogen) atoms. The number of benzene rings is 2. The lowest BCUT2D eigenvalue weighted by atomic mass is 9.99. The molecule has 1 saturated heterocycles. The lowest BCUT2D eigenvalue weighted by Crippen LogP contribution is -2.60. The van der Waals surface area contributed by atoms with E-state index >= 15 is 0 Å². The monoisotopic (exact) mass is 460 g/mol. The Kier molecular flexibility index (Phi) is 6.31. The predicted octanol–water partition coefficient (Wildman–Crippen LogP) is -0.104. The first-order valence-electron chi connectivity index (χ1n) is 9.84. The molecule has 5 N–H and O–H groups in total. The van der Waals surface area contributed by atoms with Crippen molar-refractivity contribution >= 4 is 16.9 Å². The Morgan fingerprint density at radius 3 is 2.42 bits per heavy atom. The van der Waals surface area contributed by atoms with Crippen LogP contribution in [-0.4, -0.2) is 68.8 Å². The molecule has 3 aromatic rings. The molecule has 2 heterocycles. The minimum absolute atomic E-state index is 0.0454. The van der Waals surface area contributed by atoms with E-state index in [0.717, 1.165) is 0 Å². The molecule has 2 aromatic carbocycles. The first-order valence-corrected chi connectivity index (χ1v) is 9.84. The van der Waals surface area contributed by atoms with E-state index in [1.807, 2.05) is 0 Å². The average molecular weight is 460 g/mol. The smallest absolute Gasteiger partial charge is 0.382 e. The molecule has 0 bridgehead atoms. The number of esters is 1. The minimum Gasteiger partial charge on any atom is -0.499 e. The fourth-order valence-corrected chi connectivity index (χ4v) is 3.35. The van der Waals surface area contributed by atoms with Crippen LogP contribution in [0.2, 0.25) is 0 Å². The summed E-state index contributed by atoms with van der Waals surface area (Å²) in [6, 6.07) is 12.1. The molecule has 174 valence electrons. The summed E-state index contributed by atoms with van der Waals surface area (Å²) in [7, 11) is 0. The van der Waals surface area contributed by atoms with Gasteiger partial charge >= 0.3 is 11.6 Å². The van der Waals surface area contributed by atoms with E-state index < -0.39 is 60.4 Å². The summed E-state index contributed by atoms with van der Waals surface area (Å²) in [5, 5.41) is 49.6. The van der Waals surface area contributed by atoms with Gasteiger partial charge in [0.2, 0.25) is 12.0 Å². The molecule has 5 atom stereocenters. The Labute approximate surface area is 185 Å². The number of carbonyl (C=O) groups is 1. The zero-order chi connectivity index (χ0) is 23.7. The highest BCUT2D eigenvalue weighted by Gasteiger charge is 2.45. The van der Waals surface area contributed by atoms with E-state index in [-0.39, 0.29) is 16.7 Å². The number of carbonyl (C=O) groups excluding carboxylic acids is 1. The van der Waals surface area contributed by atoms with Gasteiger partial charge in [-0.05, 0) is 24.3 Å². The zero-order valence-corrected chi connectivity index (χ0v) is 16.9. The van der Waals surface area contributed by atoms with Gasteiger partial charge in [0.1, 0.15) is 35.7 Å². The van der Waals surface area contributed by atoms with Gasteiger partial charge in [0, 0.05) is 6.07 Å². The van der Waals surface area contributed by atoms with E-state index in [1.165, 1.54) is 18.2 Å². The van der Waals surface area contributed by atoms with Crippen molar-refractivity contribution in [3.05, 3.63) is 64.5 Å². The second kappa shape index (κ2) is 9.17. The number of rotatable bonds is 5. The van der Waals surface area contributed by atoms with Crippen molar-refractivity contribution in [2.45, 2.75) is 30.7 Å². The van der Waals surface area contributed by atoms with Crippen molar-refractivity contribution in [1.82, 2.24) is 0 Å². The van der Waals surface area contributed by atoms with Crippen LogP contribution >= 0.6 is 0 Å². The molecule has 4 rings (SSSR count). The zero-order valence-electron chi connectivity index (χ0n) is 16.9. The highest BCUT2D eigenvalue weighted by Crippen LogP contribution is 2.36. The van der Waals surface area contributed by atoms with E-state index in [1.54, 1.807) is 30.3 Å². The molecule has 11 nitrogen and oxygen atoms in total. The SMILES string of the molecule is O=C(Oc1ccc2c(O[C@H]3O[C@H](CO)[C@@H](O)[C@H](O)[C@@H]3O)c(O)c(=O)oc2c1)c1ccccc1. The molecule has 0 unspecified atom stereocenters. The van der Waals surface area contributed by atoms with Crippen LogP contribution in [-0.2, 0) is 4.74 Å². The topological polar surface area (TPSA) is 176 Å². The molecule has 0 saturated carbocycles. The Balaban J connectivity index is 1.65. The van der Waals surface area contributed by atoms with Crippen LogP contribution in [0.5, 0.6) is 17.2 Å². The highest BCUT2D eigenvalue weighted by molar-refractivity contribution is 5.92. The normalized spacial score (nSPS) is 25.0. The fraction of sp³-hybridized carbons (Fsp3) is 0.273. The first-order chi connectivity index (χ1) is 15.8. The number of ether oxygens (including phenoxy) is 3. The maximum atomic E-state index is 12.3. The maximum absolute atomic E-state index is 12.3. The largest absolute Gasteiger partial charge is 0.499 e. The van der Waals surface area contributed by atoms with Gasteiger partial charge in [0.05, 0.1) is 17.6 Å². The molecule has 1 aromatic heterocycles. The van der Waals surface area contributed by atoms with Crippen LogP contribution in [0.15, 0.2) is 57.7 Å². The predicted molar refractivity (Wildman–Crippen MR) is 110 cm³/mol. The van der Waals surface area contributed by atoms with E-state index in [0.29, 0.717) is 5.56 Å². The van der Waals surface area contributed by atoms with Crippen molar-refractivity contribution in [1.29, 1.82) is 0 Å². The van der Waals surface area contributed by atoms with Crippen LogP contribution < -0.4 is 15.1 Å². The Hall–Kier alpha value is -3.48. The summed E-state index contributed by atoms with van der Waals surface area (Å²) in [5.41, 5.74) is -0.999. The summed E-state index contributed by atoms with van der Waals surface area (Å²) < 4.78 is 21.1. The average Bonchev–Trinajstić information content (AvgIpc) is 2.82. The second-order valence-electron chi connectivity index (χ2n) is 7.30. The highest BCUT2D eigenvalue weighted by atomic mass is 16.7. The molecule has 0 aliphatic carbocycles. The molecular weight excluding hydrogens is 440 g/mol. The third-order valence-corrected chi connectivity index (χ3v) is 5.11. The van der Waals surface area contributed by atoms with Gasteiger partial charge in [-0.2, -0.15) is 0 Å². The first kappa shape index (κ1) is 22.7. The van der Waals surface area contributed by atoms with Gasteiger partial charge in [-0.1, -0.05) is 18.2 Å². The van der Waals surface area contributed by atoms with Crippen LogP contribution in [0.4, 0.5) is 0 Å². The Morgan fingerprint density at radius 1 is 1.00 bits per heavy atom. The quantitative estimate of drug-likeness (QED) is 0.195. The minimum atomic E-state index is -1.77. The maximum Gasteiger partial charge on any atom is 0.382 e. The van der Waals surface area contributed by atoms with E-state index in [4.69, 9.17) is 18.6 Å². The molecule has 0 spiro atoms. The summed E-state index contributed by atoms with van der Waals surface area (Å²) in [4.78, 5) is 24.4. The Morgan fingerprint density at radius 2 is 1.73 bits per heavy atom. The number of aliphatic hydroxyl groups excluding tert-OH is 4. The van der Waals surface area contributed by atoms with Crippen molar-refractivity contribution in [3.8, 4) is 17.2 Å². The van der Waals surface area contributed by atoms with Crippen LogP contribution in [0, 0.1) is 0 Å². The number of hydrogen-bond donors (Lipinski definition) is 5. The van der Waals surface area contributed by atoms with Gasteiger partial charge < -0.3 is 44.2 Å². The standard InChI is InChI=1S/C22H20O11/c23-9-14-15(24)16(25)17(26)22(32-14)33-19-12-7-6-11(8-13(12)31-21(29)18(19)27)30-20(28)10-4-2-1-3-5-10/h1-8,14-17,22-27H,9H2/t14-,15-,16+,17+,22-/m1/s1. The van der Waals surface area contributed by atoms with Crippen molar-refractivity contribution in [2.24, 2.45) is 0 Å². The van der Waals surface area contributed by atoms with Crippen LogP contribution in [0.25, 0.3) is 11.0 Å². The van der Waals surface area contributed by atoms with E-state index in [9.17, 15) is 35.1 Å². The second-order valence-corrected chi connectivity index (χ2v) is 7.30. The molecule has 1 aliphatic rings. The third-order valence-electron chi connectivity index (χ3n) is 5.11. The van der Waals surface area contributed by atoms with Gasteiger partial charge in [0.25, 0.3) is 0 Å². The summed E-state index contributed by atoms with van der Waals surface area (Å²) in [6.07, 6.45) is -8.01. The number of aromatic hydroxyl groups is 1. The summed E-state index contributed by atoms with van der Waals surface area (Å²) in [6.45, 7) is -0.690. The van der Waals surface area contributed by atoms with Crippen molar-refractivity contribution < 1.29 is 49.0 Å². The van der Waals surface area contributed by atoms with Crippen molar-refractivity contribution in [2.75, 3.05) is 6.61 Å². The summed E-state index contributed by atoms with van der Waals surface area (Å²) >= 11 is 0. The van der Waals surface area contributed by atoms with E-state index in [2.05, 4.69) is 0 Å². The van der Waals surface area contributed by atoms with Gasteiger partial charge in [-0.3, -0.25) is 0 Å². The lowest BCUT2D eigenvalue weighted by Gasteiger charge is -2.39. The van der Waals surface area contributed by atoms with Gasteiger partial charge in [-0.25, -0.2) is 9.59 Å². The van der Waals surface area contributed by atoms with Crippen molar-refractivity contribution in [3.63, 3.8) is 0 Å². The van der Waals surface area contributed by atoms with Gasteiger partial charge in [0.15, 0.2) is 5.75 Å². The molecule has 0 radical (unpaired) electrons. The number of aliphatic hydroxyl groups is 4. The van der Waals surface area contributed by atoms with Crippen LogP contribution in [0.3, 0.4) is 0 Å².